The van der Waals surface area contributed by atoms with Crippen LogP contribution in [0.5, 0.6) is 0 Å². The monoisotopic (exact) mass is 446 g/mol. The van der Waals surface area contributed by atoms with Gasteiger partial charge in [0.15, 0.2) is 0 Å². The van der Waals surface area contributed by atoms with E-state index in [2.05, 4.69) is 15.2 Å². The van der Waals surface area contributed by atoms with Crippen LogP contribution in [0.1, 0.15) is 36.8 Å². The highest BCUT2D eigenvalue weighted by molar-refractivity contribution is 6.00. The Morgan fingerprint density at radius 1 is 1.12 bits per heavy atom. The first-order valence-electron chi connectivity index (χ1n) is 10.8. The van der Waals surface area contributed by atoms with Crippen molar-refractivity contribution in [1.29, 1.82) is 0 Å². The third-order valence-electron chi connectivity index (χ3n) is 5.94. The lowest BCUT2D eigenvalue weighted by Gasteiger charge is -2.27. The number of anilines is 2. The molecule has 1 aromatic carbocycles. The van der Waals surface area contributed by atoms with Crippen molar-refractivity contribution >= 4 is 23.3 Å². The van der Waals surface area contributed by atoms with Crippen LogP contribution in [0.4, 0.5) is 24.7 Å². The summed E-state index contributed by atoms with van der Waals surface area (Å²) >= 11 is 0. The molecule has 2 saturated heterocycles. The van der Waals surface area contributed by atoms with Gasteiger partial charge in [0.2, 0.25) is 11.8 Å². The first-order chi connectivity index (χ1) is 15.3. The van der Waals surface area contributed by atoms with Crippen LogP contribution in [0.3, 0.4) is 0 Å². The lowest BCUT2D eigenvalue weighted by Crippen LogP contribution is -2.33. The zero-order chi connectivity index (χ0) is 22.7. The number of halogens is 3. The Morgan fingerprint density at radius 3 is 2.59 bits per heavy atom. The minimum Gasteiger partial charge on any atom is -0.357 e. The van der Waals surface area contributed by atoms with Crippen molar-refractivity contribution in [3.63, 3.8) is 0 Å². The summed E-state index contributed by atoms with van der Waals surface area (Å²) in [4.78, 5) is 32.9. The minimum absolute atomic E-state index is 0.0335. The van der Waals surface area contributed by atoms with Crippen LogP contribution < -0.4 is 15.1 Å². The maximum atomic E-state index is 13.0. The smallest absolute Gasteiger partial charge is 0.357 e. The third-order valence-corrected chi connectivity index (χ3v) is 5.94. The van der Waals surface area contributed by atoms with E-state index in [-0.39, 0.29) is 37.0 Å². The molecule has 32 heavy (non-hydrogen) atoms. The third kappa shape index (κ3) is 5.03. The Kier molecular flexibility index (Phi) is 6.34. The molecule has 1 aromatic heterocycles. The molecule has 2 fully saturated rings. The largest absolute Gasteiger partial charge is 0.416 e. The van der Waals surface area contributed by atoms with Gasteiger partial charge in [-0.1, -0.05) is 12.1 Å². The summed E-state index contributed by atoms with van der Waals surface area (Å²) in [7, 11) is 0. The number of carbonyl (C=O) groups is 2. The van der Waals surface area contributed by atoms with Crippen molar-refractivity contribution in [3.05, 3.63) is 53.7 Å². The number of aromatic nitrogens is 1. The number of nitrogens with one attached hydrogen (secondary N) is 1. The predicted molar refractivity (Wildman–Crippen MR) is 114 cm³/mol. The highest BCUT2D eigenvalue weighted by Gasteiger charge is 2.36. The highest BCUT2D eigenvalue weighted by atomic mass is 19.4. The lowest BCUT2D eigenvalue weighted by molar-refractivity contribution is -0.137. The molecule has 0 radical (unpaired) electrons. The summed E-state index contributed by atoms with van der Waals surface area (Å²) in [6.45, 7) is 2.33. The Hall–Kier alpha value is -3.10. The number of hydrogen-bond acceptors (Lipinski definition) is 4. The summed E-state index contributed by atoms with van der Waals surface area (Å²) in [5.74, 6) is -0.347. The first-order valence-corrected chi connectivity index (χ1v) is 10.8. The highest BCUT2D eigenvalue weighted by Crippen LogP contribution is 2.33. The van der Waals surface area contributed by atoms with Gasteiger partial charge in [0, 0.05) is 44.5 Å². The van der Waals surface area contributed by atoms with Crippen LogP contribution in [-0.2, 0) is 22.3 Å². The van der Waals surface area contributed by atoms with E-state index in [0.717, 1.165) is 49.4 Å². The second-order valence-corrected chi connectivity index (χ2v) is 8.24. The zero-order valence-corrected chi connectivity index (χ0v) is 17.6. The predicted octanol–water partition coefficient (Wildman–Crippen LogP) is 3.76. The van der Waals surface area contributed by atoms with E-state index in [4.69, 9.17) is 0 Å². The number of rotatable bonds is 5. The molecule has 170 valence electrons. The van der Waals surface area contributed by atoms with Crippen LogP contribution >= 0.6 is 0 Å². The van der Waals surface area contributed by atoms with E-state index in [0.29, 0.717) is 0 Å². The van der Waals surface area contributed by atoms with Gasteiger partial charge in [0.1, 0.15) is 5.82 Å². The number of pyridine rings is 1. The summed E-state index contributed by atoms with van der Waals surface area (Å²) in [6.07, 6.45) is 0.782. The minimum atomic E-state index is -4.49. The van der Waals surface area contributed by atoms with E-state index >= 15 is 0 Å². The standard InChI is InChI=1S/C23H25F3N4O2/c24-23(25,26)18-5-4-6-19(12-18)30-15-17(11-21(30)31)22(32)28-14-16-7-8-20(27-13-16)29-9-2-1-3-10-29/h4-8,12-13,17H,1-3,9-11,14-15H2,(H,28,32). The summed E-state index contributed by atoms with van der Waals surface area (Å²) in [5, 5.41) is 2.82. The number of nitrogens with zero attached hydrogens (tertiary/aromatic N) is 3. The number of carbonyl (C=O) groups excluding carboxylic acids is 2. The fraction of sp³-hybridized carbons (Fsp3) is 0.435. The van der Waals surface area contributed by atoms with Crippen molar-refractivity contribution in [2.24, 2.45) is 5.92 Å². The van der Waals surface area contributed by atoms with Crippen molar-refractivity contribution in [2.75, 3.05) is 29.4 Å². The second kappa shape index (κ2) is 9.18. The van der Waals surface area contributed by atoms with Gasteiger partial charge in [-0.05, 0) is 49.1 Å². The van der Waals surface area contributed by atoms with Crippen molar-refractivity contribution in [2.45, 2.75) is 38.4 Å². The summed E-state index contributed by atoms with van der Waals surface area (Å²) in [5.41, 5.74) is 0.173. The molecule has 1 unspecified atom stereocenters. The fourth-order valence-corrected chi connectivity index (χ4v) is 4.15. The summed E-state index contributed by atoms with van der Waals surface area (Å²) in [6, 6.07) is 8.47. The molecule has 0 spiro atoms. The van der Waals surface area contributed by atoms with Gasteiger partial charge in [-0.25, -0.2) is 4.98 Å². The molecular formula is C23H25F3N4O2. The Morgan fingerprint density at radius 2 is 1.91 bits per heavy atom. The van der Waals surface area contributed by atoms with Crippen LogP contribution in [-0.4, -0.2) is 36.4 Å². The molecule has 9 heteroatoms. The number of benzene rings is 1. The van der Waals surface area contributed by atoms with Crippen molar-refractivity contribution in [1.82, 2.24) is 10.3 Å². The molecular weight excluding hydrogens is 421 g/mol. The quantitative estimate of drug-likeness (QED) is 0.760. The average Bonchev–Trinajstić information content (AvgIpc) is 3.20. The average molecular weight is 446 g/mol. The molecule has 2 aliphatic rings. The van der Waals surface area contributed by atoms with Crippen LogP contribution in [0.25, 0.3) is 0 Å². The molecule has 0 aliphatic carbocycles. The van der Waals surface area contributed by atoms with Crippen molar-refractivity contribution in [3.8, 4) is 0 Å². The molecule has 1 N–H and O–H groups in total. The molecule has 0 saturated carbocycles. The molecule has 4 rings (SSSR count). The number of alkyl halides is 3. The fourth-order valence-electron chi connectivity index (χ4n) is 4.15. The van der Waals surface area contributed by atoms with Crippen LogP contribution in [0, 0.1) is 5.92 Å². The molecule has 3 heterocycles. The van der Waals surface area contributed by atoms with Gasteiger partial charge in [-0.2, -0.15) is 13.2 Å². The van der Waals surface area contributed by atoms with E-state index in [1.165, 1.54) is 23.5 Å². The Labute approximate surface area is 184 Å². The van der Waals surface area contributed by atoms with E-state index in [1.807, 2.05) is 12.1 Å². The zero-order valence-electron chi connectivity index (χ0n) is 17.6. The van der Waals surface area contributed by atoms with Crippen LogP contribution in [0.15, 0.2) is 42.6 Å². The molecule has 2 aliphatic heterocycles. The van der Waals surface area contributed by atoms with Gasteiger partial charge in [-0.15, -0.1) is 0 Å². The molecule has 0 bridgehead atoms. The maximum absolute atomic E-state index is 13.0. The van der Waals surface area contributed by atoms with E-state index in [9.17, 15) is 22.8 Å². The Bertz CT molecular complexity index is 972. The molecule has 1 atom stereocenters. The number of piperidine rings is 1. The van der Waals surface area contributed by atoms with Gasteiger partial charge >= 0.3 is 6.18 Å². The first kappa shape index (κ1) is 22.1. The summed E-state index contributed by atoms with van der Waals surface area (Å²) < 4.78 is 38.9. The van der Waals surface area contributed by atoms with E-state index in [1.54, 1.807) is 6.20 Å². The maximum Gasteiger partial charge on any atom is 0.416 e. The van der Waals surface area contributed by atoms with Gasteiger partial charge in [-0.3, -0.25) is 9.59 Å². The lowest BCUT2D eigenvalue weighted by atomic mass is 10.1. The Balaban J connectivity index is 1.33. The van der Waals surface area contributed by atoms with Gasteiger partial charge < -0.3 is 15.1 Å². The van der Waals surface area contributed by atoms with Gasteiger partial charge in [0.05, 0.1) is 11.5 Å². The molecule has 2 amide bonds. The number of hydrogen-bond donors (Lipinski definition) is 1. The van der Waals surface area contributed by atoms with Gasteiger partial charge in [0.25, 0.3) is 0 Å². The number of amides is 2. The molecule has 2 aromatic rings. The second-order valence-electron chi connectivity index (χ2n) is 8.24. The normalized spacial score (nSPS) is 19.3. The SMILES string of the molecule is O=C(NCc1ccc(N2CCCCC2)nc1)C1CC(=O)N(c2cccc(C(F)(F)F)c2)C1. The topological polar surface area (TPSA) is 65.5 Å². The van der Waals surface area contributed by atoms with E-state index < -0.39 is 17.7 Å². The van der Waals surface area contributed by atoms with Crippen LogP contribution in [0.2, 0.25) is 0 Å². The van der Waals surface area contributed by atoms with Crippen molar-refractivity contribution < 1.29 is 22.8 Å². The molecule has 6 nitrogen and oxygen atoms in total.